The van der Waals surface area contributed by atoms with E-state index in [9.17, 15) is 5.11 Å². The number of aromatic nitrogens is 2. The lowest BCUT2D eigenvalue weighted by molar-refractivity contribution is -0.0470. The van der Waals surface area contributed by atoms with Crippen molar-refractivity contribution in [2.45, 2.75) is 12.1 Å². The number of piperazine rings is 3. The summed E-state index contributed by atoms with van der Waals surface area (Å²) < 4.78 is 1.75. The van der Waals surface area contributed by atoms with Crippen LogP contribution in [0.2, 0.25) is 0 Å². The number of aliphatic hydroxyl groups excluding tert-OH is 1. The summed E-state index contributed by atoms with van der Waals surface area (Å²) in [4.78, 5) is 4.84. The lowest BCUT2D eigenvalue weighted by Crippen LogP contribution is -2.62. The van der Waals surface area contributed by atoms with Gasteiger partial charge in [-0.15, -0.1) is 0 Å². The first-order valence-electron chi connectivity index (χ1n) is 5.87. The molecule has 4 rings (SSSR count). The van der Waals surface area contributed by atoms with Gasteiger partial charge in [-0.3, -0.25) is 14.5 Å². The first kappa shape index (κ1) is 10.3. The number of hydrogen-bond acceptors (Lipinski definition) is 4. The normalized spacial score (nSPS) is 35.2. The van der Waals surface area contributed by atoms with E-state index in [0.717, 1.165) is 38.3 Å². The molecule has 0 aliphatic carbocycles. The summed E-state index contributed by atoms with van der Waals surface area (Å²) in [5.74, 6) is 0. The largest absolute Gasteiger partial charge is 0.387 e. The topological polar surface area (TPSA) is 44.5 Å². The Kier molecular flexibility index (Phi) is 2.46. The van der Waals surface area contributed by atoms with Gasteiger partial charge in [0.2, 0.25) is 0 Å². The second kappa shape index (κ2) is 3.84. The third-order valence-electron chi connectivity index (χ3n) is 3.75. The van der Waals surface area contributed by atoms with Gasteiger partial charge >= 0.3 is 0 Å². The minimum Gasteiger partial charge on any atom is -0.387 e. The molecular formula is C11H18N4O. The first-order chi connectivity index (χ1) is 7.74. The zero-order valence-corrected chi connectivity index (χ0v) is 9.58. The van der Waals surface area contributed by atoms with E-state index in [2.05, 4.69) is 14.9 Å². The maximum atomic E-state index is 10.4. The summed E-state index contributed by atoms with van der Waals surface area (Å²) in [5, 5.41) is 14.5. The third-order valence-corrected chi connectivity index (χ3v) is 3.75. The fourth-order valence-corrected chi connectivity index (χ4v) is 2.77. The molecule has 1 aromatic rings. The number of rotatable bonds is 2. The van der Waals surface area contributed by atoms with E-state index < -0.39 is 6.10 Å². The van der Waals surface area contributed by atoms with Crippen molar-refractivity contribution in [3.8, 4) is 0 Å². The van der Waals surface area contributed by atoms with Gasteiger partial charge in [-0.1, -0.05) is 0 Å². The Balaban J connectivity index is 1.77. The predicted octanol–water partition coefficient (Wildman–Crippen LogP) is -0.547. The van der Waals surface area contributed by atoms with Crippen molar-refractivity contribution in [3.63, 3.8) is 0 Å². The van der Waals surface area contributed by atoms with Crippen LogP contribution in [0.4, 0.5) is 0 Å². The Morgan fingerprint density at radius 2 is 2.12 bits per heavy atom. The molecule has 3 saturated heterocycles. The van der Waals surface area contributed by atoms with Gasteiger partial charge in [0.15, 0.2) is 0 Å². The molecular weight excluding hydrogens is 204 g/mol. The lowest BCUT2D eigenvalue weighted by atomic mass is 9.99. The zero-order chi connectivity index (χ0) is 11.1. The van der Waals surface area contributed by atoms with E-state index in [1.165, 1.54) is 0 Å². The van der Waals surface area contributed by atoms with Gasteiger partial charge < -0.3 is 5.11 Å². The highest BCUT2D eigenvalue weighted by Crippen LogP contribution is 2.26. The van der Waals surface area contributed by atoms with Gasteiger partial charge in [-0.25, -0.2) is 0 Å². The summed E-state index contributed by atoms with van der Waals surface area (Å²) in [6, 6.07) is 0.242. The number of nitrogens with zero attached hydrogens (tertiary/aromatic N) is 4. The summed E-state index contributed by atoms with van der Waals surface area (Å²) >= 11 is 0. The van der Waals surface area contributed by atoms with Crippen LogP contribution < -0.4 is 0 Å². The fourth-order valence-electron chi connectivity index (χ4n) is 2.77. The standard InChI is InChI=1S/C11H18N4O/c1-13-7-9(6-12-13)11(16)10-8-14-2-4-15(10)5-3-14/h6-7,10-11,16H,2-5,8H2,1H3. The third kappa shape index (κ3) is 1.65. The molecule has 1 aromatic heterocycles. The van der Waals surface area contributed by atoms with Crippen molar-refractivity contribution < 1.29 is 5.11 Å². The number of hydrogen-bond donors (Lipinski definition) is 1. The second-order valence-electron chi connectivity index (χ2n) is 4.80. The average Bonchev–Trinajstić information content (AvgIpc) is 2.76. The average molecular weight is 222 g/mol. The molecule has 0 amide bonds. The Morgan fingerprint density at radius 1 is 1.38 bits per heavy atom. The van der Waals surface area contributed by atoms with Crippen molar-refractivity contribution in [1.29, 1.82) is 0 Å². The highest BCUT2D eigenvalue weighted by molar-refractivity contribution is 5.12. The molecule has 0 spiro atoms. The molecule has 5 nitrogen and oxygen atoms in total. The van der Waals surface area contributed by atoms with Crippen molar-refractivity contribution in [2.24, 2.45) is 7.05 Å². The van der Waals surface area contributed by atoms with Crippen molar-refractivity contribution >= 4 is 0 Å². The molecule has 0 aromatic carbocycles. The monoisotopic (exact) mass is 222 g/mol. The maximum Gasteiger partial charge on any atom is 0.0987 e. The Morgan fingerprint density at radius 3 is 2.62 bits per heavy atom. The highest BCUT2D eigenvalue weighted by atomic mass is 16.3. The van der Waals surface area contributed by atoms with E-state index in [0.29, 0.717) is 0 Å². The molecule has 0 saturated carbocycles. The quantitative estimate of drug-likeness (QED) is 0.729. The van der Waals surface area contributed by atoms with Crippen molar-refractivity contribution in [2.75, 3.05) is 32.7 Å². The molecule has 88 valence electrons. The van der Waals surface area contributed by atoms with Gasteiger partial charge in [0, 0.05) is 51.5 Å². The van der Waals surface area contributed by atoms with Crippen molar-refractivity contribution in [1.82, 2.24) is 19.6 Å². The van der Waals surface area contributed by atoms with Crippen LogP contribution in [0, 0.1) is 0 Å². The van der Waals surface area contributed by atoms with Gasteiger partial charge in [-0.2, -0.15) is 5.10 Å². The molecule has 16 heavy (non-hydrogen) atoms. The summed E-state index contributed by atoms with van der Waals surface area (Å²) in [6.07, 6.45) is 3.27. The summed E-state index contributed by atoms with van der Waals surface area (Å²) in [7, 11) is 1.88. The van der Waals surface area contributed by atoms with Gasteiger partial charge in [-0.05, 0) is 0 Å². The Labute approximate surface area is 95.3 Å². The van der Waals surface area contributed by atoms with Crippen LogP contribution in [0.1, 0.15) is 11.7 Å². The molecule has 1 N–H and O–H groups in total. The van der Waals surface area contributed by atoms with Crippen LogP contribution in [-0.2, 0) is 7.05 Å². The number of aliphatic hydroxyl groups is 1. The van der Waals surface area contributed by atoms with Crippen molar-refractivity contribution in [3.05, 3.63) is 18.0 Å². The molecule has 2 atom stereocenters. The number of aryl methyl sites for hydroxylation is 1. The minimum atomic E-state index is -0.406. The maximum absolute atomic E-state index is 10.4. The highest BCUT2D eigenvalue weighted by Gasteiger charge is 2.36. The van der Waals surface area contributed by atoms with Gasteiger partial charge in [0.05, 0.1) is 18.3 Å². The molecule has 4 heterocycles. The molecule has 2 bridgehead atoms. The molecule has 5 heteroatoms. The van der Waals surface area contributed by atoms with Crippen LogP contribution in [0.5, 0.6) is 0 Å². The minimum absolute atomic E-state index is 0.242. The van der Waals surface area contributed by atoms with E-state index in [4.69, 9.17) is 0 Å². The van der Waals surface area contributed by atoms with E-state index in [1.54, 1.807) is 10.9 Å². The van der Waals surface area contributed by atoms with E-state index in [-0.39, 0.29) is 6.04 Å². The summed E-state index contributed by atoms with van der Waals surface area (Å²) in [5.41, 5.74) is 0.932. The Bertz CT molecular complexity index is 370. The van der Waals surface area contributed by atoms with Crippen LogP contribution in [-0.4, -0.2) is 63.5 Å². The van der Waals surface area contributed by atoms with E-state index >= 15 is 0 Å². The predicted molar refractivity (Wildman–Crippen MR) is 60.0 cm³/mol. The molecule has 3 aliphatic rings. The fraction of sp³-hybridized carbons (Fsp3) is 0.727. The van der Waals surface area contributed by atoms with Crippen LogP contribution in [0.3, 0.4) is 0 Å². The first-order valence-corrected chi connectivity index (χ1v) is 5.87. The number of fused-ring (bicyclic) bond motifs is 3. The SMILES string of the molecule is Cn1cc(C(O)C2CN3CCN2CC3)cn1. The van der Waals surface area contributed by atoms with Crippen LogP contribution in [0.15, 0.2) is 12.4 Å². The van der Waals surface area contributed by atoms with Gasteiger partial charge in [0.25, 0.3) is 0 Å². The van der Waals surface area contributed by atoms with E-state index in [1.807, 2.05) is 13.2 Å². The molecule has 3 aliphatic heterocycles. The molecule has 3 fully saturated rings. The Hall–Kier alpha value is -0.910. The molecule has 2 unspecified atom stereocenters. The second-order valence-corrected chi connectivity index (χ2v) is 4.80. The van der Waals surface area contributed by atoms with Crippen LogP contribution >= 0.6 is 0 Å². The zero-order valence-electron chi connectivity index (χ0n) is 9.58. The lowest BCUT2D eigenvalue weighted by Gasteiger charge is -2.48. The molecule has 0 radical (unpaired) electrons. The smallest absolute Gasteiger partial charge is 0.0987 e. The van der Waals surface area contributed by atoms with Crippen LogP contribution in [0.25, 0.3) is 0 Å². The van der Waals surface area contributed by atoms with Gasteiger partial charge in [0.1, 0.15) is 0 Å². The summed E-state index contributed by atoms with van der Waals surface area (Å²) in [6.45, 7) is 5.45.